The molecule has 0 N–H and O–H groups in total. The summed E-state index contributed by atoms with van der Waals surface area (Å²) in [6, 6.07) is 4.32. The third kappa shape index (κ3) is 3.16. The zero-order valence-corrected chi connectivity index (χ0v) is 11.7. The summed E-state index contributed by atoms with van der Waals surface area (Å²) in [6.07, 6.45) is 4.39. The Morgan fingerprint density at radius 1 is 1.33 bits per heavy atom. The topological polar surface area (TPSA) is 21.7 Å². The molecule has 0 aromatic heterocycles. The van der Waals surface area contributed by atoms with Crippen molar-refractivity contribution in [2.45, 2.75) is 25.7 Å². The molecule has 1 aromatic carbocycles. The van der Waals surface area contributed by atoms with E-state index < -0.39 is 0 Å². The highest BCUT2D eigenvalue weighted by Gasteiger charge is 2.14. The van der Waals surface area contributed by atoms with E-state index in [-0.39, 0.29) is 0 Å². The van der Waals surface area contributed by atoms with Gasteiger partial charge in [-0.25, -0.2) is 0 Å². The number of hydrogen-bond acceptors (Lipinski definition) is 3. The maximum absolute atomic E-state index is 5.73. The van der Waals surface area contributed by atoms with Gasteiger partial charge in [-0.05, 0) is 69.6 Å². The van der Waals surface area contributed by atoms with Gasteiger partial charge in [0, 0.05) is 0 Å². The third-order valence-corrected chi connectivity index (χ3v) is 3.36. The van der Waals surface area contributed by atoms with Gasteiger partial charge in [-0.15, -0.1) is 0 Å². The molecule has 1 aliphatic rings. The molecule has 0 radical (unpaired) electrons. The molecule has 0 saturated carbocycles. The van der Waals surface area contributed by atoms with Gasteiger partial charge in [0.25, 0.3) is 0 Å². The zero-order valence-electron chi connectivity index (χ0n) is 11.7. The quantitative estimate of drug-likeness (QED) is 0.800. The Hall–Kier alpha value is -1.22. The molecule has 0 amide bonds. The molecule has 18 heavy (non-hydrogen) atoms. The lowest BCUT2D eigenvalue weighted by molar-refractivity contribution is 0.286. The van der Waals surface area contributed by atoms with Crippen LogP contribution in [0.15, 0.2) is 12.1 Å². The lowest BCUT2D eigenvalue weighted by Gasteiger charge is -2.20. The first-order chi connectivity index (χ1) is 8.70. The zero-order chi connectivity index (χ0) is 13.0. The van der Waals surface area contributed by atoms with Crippen LogP contribution in [0.1, 0.15) is 24.0 Å². The first-order valence-electron chi connectivity index (χ1n) is 6.68. The van der Waals surface area contributed by atoms with Crippen molar-refractivity contribution < 1.29 is 9.47 Å². The van der Waals surface area contributed by atoms with Gasteiger partial charge in [-0.3, -0.25) is 0 Å². The number of nitrogens with zero attached hydrogens (tertiary/aromatic N) is 1. The Labute approximate surface area is 110 Å². The molecule has 1 aromatic rings. The smallest absolute Gasteiger partial charge is 0.123 e. The van der Waals surface area contributed by atoms with E-state index in [1.54, 1.807) is 7.11 Å². The predicted octanol–water partition coefficient (Wildman–Crippen LogP) is 2.51. The van der Waals surface area contributed by atoms with E-state index in [9.17, 15) is 0 Å². The van der Waals surface area contributed by atoms with E-state index in [2.05, 4.69) is 31.1 Å². The Morgan fingerprint density at radius 2 is 2.17 bits per heavy atom. The van der Waals surface area contributed by atoms with E-state index >= 15 is 0 Å². The molecule has 0 atom stereocenters. The maximum atomic E-state index is 5.73. The summed E-state index contributed by atoms with van der Waals surface area (Å²) in [5.41, 5.74) is 2.55. The summed E-state index contributed by atoms with van der Waals surface area (Å²) in [5.74, 6) is 2.07. The van der Waals surface area contributed by atoms with E-state index in [1.165, 1.54) is 11.1 Å². The molecular formula is C15H23NO2. The van der Waals surface area contributed by atoms with Crippen LogP contribution in [0.2, 0.25) is 0 Å². The standard InChI is InChI=1S/C15H23NO2/c1-16(2)8-4-6-12-11-15-13(7-5-9-18-15)10-14(12)17-3/h10-11H,4-9H2,1-3H3. The highest BCUT2D eigenvalue weighted by atomic mass is 16.5. The van der Waals surface area contributed by atoms with Crippen LogP contribution in [-0.4, -0.2) is 39.3 Å². The molecule has 0 fully saturated rings. The molecule has 0 bridgehead atoms. The second kappa shape index (κ2) is 6.10. The summed E-state index contributed by atoms with van der Waals surface area (Å²) in [5, 5.41) is 0. The van der Waals surface area contributed by atoms with Gasteiger partial charge in [-0.1, -0.05) is 0 Å². The van der Waals surface area contributed by atoms with Crippen LogP contribution in [0.5, 0.6) is 11.5 Å². The van der Waals surface area contributed by atoms with Crippen LogP contribution in [0.3, 0.4) is 0 Å². The number of rotatable bonds is 5. The fraction of sp³-hybridized carbons (Fsp3) is 0.600. The summed E-state index contributed by atoms with van der Waals surface area (Å²) in [4.78, 5) is 2.21. The van der Waals surface area contributed by atoms with Crippen LogP contribution in [0.25, 0.3) is 0 Å². The Morgan fingerprint density at radius 3 is 2.89 bits per heavy atom. The average molecular weight is 249 g/mol. The predicted molar refractivity (Wildman–Crippen MR) is 73.7 cm³/mol. The number of aryl methyl sites for hydroxylation is 2. The second-order valence-electron chi connectivity index (χ2n) is 5.13. The summed E-state index contributed by atoms with van der Waals surface area (Å²) >= 11 is 0. The van der Waals surface area contributed by atoms with Gasteiger partial charge in [0.05, 0.1) is 13.7 Å². The molecule has 3 nitrogen and oxygen atoms in total. The van der Waals surface area contributed by atoms with Crippen LogP contribution in [0.4, 0.5) is 0 Å². The Balaban J connectivity index is 2.12. The van der Waals surface area contributed by atoms with Gasteiger partial charge < -0.3 is 14.4 Å². The molecule has 3 heteroatoms. The molecule has 2 rings (SSSR count). The van der Waals surface area contributed by atoms with E-state index in [4.69, 9.17) is 9.47 Å². The number of fused-ring (bicyclic) bond motifs is 1. The molecule has 1 heterocycles. The van der Waals surface area contributed by atoms with Crippen LogP contribution >= 0.6 is 0 Å². The second-order valence-corrected chi connectivity index (χ2v) is 5.13. The summed E-state index contributed by atoms with van der Waals surface area (Å²) < 4.78 is 11.2. The van der Waals surface area contributed by atoms with Crippen molar-refractivity contribution in [3.63, 3.8) is 0 Å². The van der Waals surface area contributed by atoms with Crippen molar-refractivity contribution >= 4 is 0 Å². The molecule has 0 aliphatic carbocycles. The molecule has 0 spiro atoms. The van der Waals surface area contributed by atoms with Gasteiger partial charge in [0.2, 0.25) is 0 Å². The first kappa shape index (κ1) is 13.2. The lowest BCUT2D eigenvalue weighted by Crippen LogP contribution is -2.14. The van der Waals surface area contributed by atoms with Crippen LogP contribution in [-0.2, 0) is 12.8 Å². The Bertz CT molecular complexity index is 402. The molecular weight excluding hydrogens is 226 g/mol. The minimum atomic E-state index is 0.844. The van der Waals surface area contributed by atoms with E-state index in [0.717, 1.165) is 50.3 Å². The van der Waals surface area contributed by atoms with Crippen molar-refractivity contribution in [2.24, 2.45) is 0 Å². The van der Waals surface area contributed by atoms with Gasteiger partial charge in [0.1, 0.15) is 11.5 Å². The minimum absolute atomic E-state index is 0.844. The van der Waals surface area contributed by atoms with Crippen molar-refractivity contribution in [3.8, 4) is 11.5 Å². The largest absolute Gasteiger partial charge is 0.496 e. The van der Waals surface area contributed by atoms with Crippen molar-refractivity contribution in [1.82, 2.24) is 4.90 Å². The van der Waals surface area contributed by atoms with Crippen LogP contribution in [0, 0.1) is 0 Å². The molecule has 1 aliphatic heterocycles. The van der Waals surface area contributed by atoms with Gasteiger partial charge in [-0.2, -0.15) is 0 Å². The van der Waals surface area contributed by atoms with E-state index in [1.807, 2.05) is 0 Å². The van der Waals surface area contributed by atoms with E-state index in [0.29, 0.717) is 0 Å². The number of ether oxygens (including phenoxy) is 2. The maximum Gasteiger partial charge on any atom is 0.123 e. The average Bonchev–Trinajstić information content (AvgIpc) is 2.37. The third-order valence-electron chi connectivity index (χ3n) is 3.36. The fourth-order valence-electron chi connectivity index (χ4n) is 2.39. The van der Waals surface area contributed by atoms with Crippen molar-refractivity contribution in [3.05, 3.63) is 23.3 Å². The van der Waals surface area contributed by atoms with Gasteiger partial charge in [0.15, 0.2) is 0 Å². The highest BCUT2D eigenvalue weighted by molar-refractivity contribution is 5.47. The normalized spacial score (nSPS) is 14.2. The highest BCUT2D eigenvalue weighted by Crippen LogP contribution is 2.32. The Kier molecular flexibility index (Phi) is 4.48. The fourth-order valence-corrected chi connectivity index (χ4v) is 2.39. The van der Waals surface area contributed by atoms with Crippen molar-refractivity contribution in [1.29, 1.82) is 0 Å². The monoisotopic (exact) mass is 249 g/mol. The van der Waals surface area contributed by atoms with Crippen molar-refractivity contribution in [2.75, 3.05) is 34.4 Å². The lowest BCUT2D eigenvalue weighted by atomic mass is 10.0. The number of hydrogen-bond donors (Lipinski definition) is 0. The number of methoxy groups -OCH3 is 1. The van der Waals surface area contributed by atoms with Gasteiger partial charge >= 0.3 is 0 Å². The summed E-state index contributed by atoms with van der Waals surface area (Å²) in [7, 11) is 5.96. The SMILES string of the molecule is COc1cc2c(cc1CCCN(C)C)OCCC2. The molecule has 0 unspecified atom stereocenters. The summed E-state index contributed by atoms with van der Waals surface area (Å²) in [6.45, 7) is 1.94. The molecule has 0 saturated heterocycles. The molecule has 100 valence electrons. The minimum Gasteiger partial charge on any atom is -0.496 e. The van der Waals surface area contributed by atoms with Crippen LogP contribution < -0.4 is 9.47 Å². The first-order valence-corrected chi connectivity index (χ1v) is 6.68. The number of benzene rings is 1.